The van der Waals surface area contributed by atoms with Gasteiger partial charge in [0.2, 0.25) is 0 Å². The second-order valence-corrected chi connectivity index (χ2v) is 6.20. The van der Waals surface area contributed by atoms with Crippen LogP contribution in [0.5, 0.6) is 0 Å². The Bertz CT molecular complexity index is 347. The molecule has 0 amide bonds. The van der Waals surface area contributed by atoms with E-state index in [-0.39, 0.29) is 5.38 Å². The number of hydrogen-bond acceptors (Lipinski definition) is 2. The van der Waals surface area contributed by atoms with Gasteiger partial charge in [0, 0.05) is 15.7 Å². The van der Waals surface area contributed by atoms with Crippen molar-refractivity contribution in [1.82, 2.24) is 0 Å². The molecular weight excluding hydrogens is 228 g/mol. The molecule has 2 rings (SSSR count). The largest absolute Gasteiger partial charge is 0.378 e. The van der Waals surface area contributed by atoms with E-state index in [1.807, 2.05) is 11.3 Å². The molecule has 1 saturated heterocycles. The lowest BCUT2D eigenvalue weighted by atomic mass is 9.99. The molecule has 2 heterocycles. The molecule has 1 aromatic heterocycles. The van der Waals surface area contributed by atoms with E-state index in [4.69, 9.17) is 16.3 Å². The Morgan fingerprint density at radius 3 is 2.73 bits per heavy atom. The van der Waals surface area contributed by atoms with Gasteiger partial charge in [0.25, 0.3) is 0 Å². The van der Waals surface area contributed by atoms with Gasteiger partial charge in [-0.3, -0.25) is 0 Å². The van der Waals surface area contributed by atoms with E-state index in [0.717, 1.165) is 13.0 Å². The van der Waals surface area contributed by atoms with Gasteiger partial charge in [-0.25, -0.2) is 0 Å². The topological polar surface area (TPSA) is 9.23 Å². The van der Waals surface area contributed by atoms with Gasteiger partial charge in [-0.05, 0) is 38.8 Å². The Hall–Kier alpha value is -0.0500. The number of ether oxygens (including phenoxy) is 1. The Labute approximate surface area is 100 Å². The van der Waals surface area contributed by atoms with E-state index in [1.54, 1.807) is 0 Å². The number of alkyl halides is 1. The molecule has 1 aromatic rings. The van der Waals surface area contributed by atoms with Crippen LogP contribution in [0.25, 0.3) is 0 Å². The maximum Gasteiger partial charge on any atom is 0.0732 e. The SMILES string of the molecule is Cc1cc(C)c(C(Cl)C2COC(C)C2)s1. The van der Waals surface area contributed by atoms with E-state index >= 15 is 0 Å². The highest BCUT2D eigenvalue weighted by molar-refractivity contribution is 7.12. The van der Waals surface area contributed by atoms with E-state index in [9.17, 15) is 0 Å². The van der Waals surface area contributed by atoms with Gasteiger partial charge < -0.3 is 4.74 Å². The summed E-state index contributed by atoms with van der Waals surface area (Å²) in [6, 6.07) is 2.22. The number of rotatable bonds is 2. The van der Waals surface area contributed by atoms with Gasteiger partial charge in [0.05, 0.1) is 18.1 Å². The molecule has 0 N–H and O–H groups in total. The summed E-state index contributed by atoms with van der Waals surface area (Å²) in [6.07, 6.45) is 1.46. The zero-order valence-electron chi connectivity index (χ0n) is 9.42. The molecule has 1 aliphatic heterocycles. The van der Waals surface area contributed by atoms with E-state index in [0.29, 0.717) is 12.0 Å². The number of halogens is 1. The quantitative estimate of drug-likeness (QED) is 0.713. The smallest absolute Gasteiger partial charge is 0.0732 e. The van der Waals surface area contributed by atoms with Crippen molar-refractivity contribution < 1.29 is 4.74 Å². The predicted molar refractivity (Wildman–Crippen MR) is 65.9 cm³/mol. The minimum absolute atomic E-state index is 0.133. The Morgan fingerprint density at radius 1 is 1.53 bits per heavy atom. The maximum atomic E-state index is 6.53. The highest BCUT2D eigenvalue weighted by atomic mass is 35.5. The summed E-state index contributed by atoms with van der Waals surface area (Å²) in [5, 5.41) is 0.133. The first-order valence-corrected chi connectivity index (χ1v) is 6.66. The highest BCUT2D eigenvalue weighted by Gasteiger charge is 2.30. The summed E-state index contributed by atoms with van der Waals surface area (Å²) in [5.74, 6) is 0.485. The maximum absolute atomic E-state index is 6.53. The first kappa shape index (κ1) is 11.4. The normalized spacial score (nSPS) is 28.3. The van der Waals surface area contributed by atoms with Crippen LogP contribution in [0.3, 0.4) is 0 Å². The van der Waals surface area contributed by atoms with Crippen LogP contribution in [0.1, 0.15) is 34.0 Å². The van der Waals surface area contributed by atoms with Crippen LogP contribution in [-0.2, 0) is 4.74 Å². The zero-order valence-corrected chi connectivity index (χ0v) is 11.0. The number of thiophene rings is 1. The Balaban J connectivity index is 2.13. The van der Waals surface area contributed by atoms with Crippen LogP contribution in [-0.4, -0.2) is 12.7 Å². The molecule has 3 atom stereocenters. The molecule has 84 valence electrons. The van der Waals surface area contributed by atoms with E-state index < -0.39 is 0 Å². The van der Waals surface area contributed by atoms with Crippen molar-refractivity contribution >= 4 is 22.9 Å². The first-order chi connectivity index (χ1) is 7.08. The third kappa shape index (κ3) is 2.38. The molecule has 0 aromatic carbocycles. The summed E-state index contributed by atoms with van der Waals surface area (Å²) in [5.41, 5.74) is 1.33. The van der Waals surface area contributed by atoms with Crippen molar-refractivity contribution in [2.24, 2.45) is 5.92 Å². The fourth-order valence-electron chi connectivity index (χ4n) is 2.20. The average molecular weight is 245 g/mol. The molecule has 0 aliphatic carbocycles. The third-order valence-electron chi connectivity index (χ3n) is 2.97. The van der Waals surface area contributed by atoms with Crippen LogP contribution in [0.15, 0.2) is 6.07 Å². The van der Waals surface area contributed by atoms with Crippen molar-refractivity contribution in [1.29, 1.82) is 0 Å². The van der Waals surface area contributed by atoms with Gasteiger partial charge in [-0.1, -0.05) is 0 Å². The van der Waals surface area contributed by atoms with Gasteiger partial charge in [0.15, 0.2) is 0 Å². The molecule has 1 nitrogen and oxygen atoms in total. The van der Waals surface area contributed by atoms with Gasteiger partial charge in [-0.15, -0.1) is 22.9 Å². The molecule has 1 aliphatic rings. The lowest BCUT2D eigenvalue weighted by Crippen LogP contribution is -2.07. The van der Waals surface area contributed by atoms with Crippen molar-refractivity contribution in [3.63, 3.8) is 0 Å². The summed E-state index contributed by atoms with van der Waals surface area (Å²) >= 11 is 8.35. The molecule has 0 spiro atoms. The van der Waals surface area contributed by atoms with Crippen LogP contribution in [0.4, 0.5) is 0 Å². The zero-order chi connectivity index (χ0) is 11.0. The molecule has 3 heteroatoms. The van der Waals surface area contributed by atoms with Crippen molar-refractivity contribution in [3.8, 4) is 0 Å². The second kappa shape index (κ2) is 4.44. The highest BCUT2D eigenvalue weighted by Crippen LogP contribution is 2.41. The summed E-state index contributed by atoms with van der Waals surface area (Å²) in [7, 11) is 0. The Kier molecular flexibility index (Phi) is 3.39. The van der Waals surface area contributed by atoms with Gasteiger partial charge in [-0.2, -0.15) is 0 Å². The second-order valence-electron chi connectivity index (χ2n) is 4.45. The molecule has 0 saturated carbocycles. The first-order valence-electron chi connectivity index (χ1n) is 5.40. The van der Waals surface area contributed by atoms with Gasteiger partial charge in [0.1, 0.15) is 0 Å². The van der Waals surface area contributed by atoms with Gasteiger partial charge >= 0.3 is 0 Å². The van der Waals surface area contributed by atoms with Crippen LogP contribution in [0.2, 0.25) is 0 Å². The van der Waals surface area contributed by atoms with Crippen molar-refractivity contribution in [2.75, 3.05) is 6.61 Å². The molecule has 1 fully saturated rings. The number of aryl methyl sites for hydroxylation is 2. The molecule has 0 bridgehead atoms. The van der Waals surface area contributed by atoms with Crippen molar-refractivity contribution in [2.45, 2.75) is 38.7 Å². The summed E-state index contributed by atoms with van der Waals surface area (Å²) < 4.78 is 5.57. The summed E-state index contributed by atoms with van der Waals surface area (Å²) in [4.78, 5) is 2.68. The number of hydrogen-bond donors (Lipinski definition) is 0. The van der Waals surface area contributed by atoms with Crippen molar-refractivity contribution in [3.05, 3.63) is 21.4 Å². The molecule has 0 radical (unpaired) electrons. The minimum Gasteiger partial charge on any atom is -0.378 e. The minimum atomic E-state index is 0.133. The molecule has 3 unspecified atom stereocenters. The molecular formula is C12H17ClOS. The van der Waals surface area contributed by atoms with E-state index in [1.165, 1.54) is 15.3 Å². The Morgan fingerprint density at radius 2 is 2.27 bits per heavy atom. The lowest BCUT2D eigenvalue weighted by molar-refractivity contribution is 0.120. The third-order valence-corrected chi connectivity index (χ3v) is 4.91. The van der Waals surface area contributed by atoms with Crippen LogP contribution >= 0.6 is 22.9 Å². The summed E-state index contributed by atoms with van der Waals surface area (Å²) in [6.45, 7) is 7.22. The van der Waals surface area contributed by atoms with E-state index in [2.05, 4.69) is 26.8 Å². The standard InChI is InChI=1S/C12H17ClOS/c1-7-4-9(3)15-12(7)11(13)10-5-8(2)14-6-10/h4,8,10-11H,5-6H2,1-3H3. The molecule has 15 heavy (non-hydrogen) atoms. The monoisotopic (exact) mass is 244 g/mol. The lowest BCUT2D eigenvalue weighted by Gasteiger charge is -2.14. The van der Waals surface area contributed by atoms with Crippen LogP contribution in [0, 0.1) is 19.8 Å². The fraction of sp³-hybridized carbons (Fsp3) is 0.667. The predicted octanol–water partition coefficient (Wildman–Crippen LogP) is 4.07. The fourth-order valence-corrected chi connectivity index (χ4v) is 3.79. The average Bonchev–Trinajstić information content (AvgIpc) is 2.71. The van der Waals surface area contributed by atoms with Crippen LogP contribution < -0.4 is 0 Å².